The molecule has 1 aliphatic heterocycles. The number of H-pyrrole nitrogens is 1. The monoisotopic (exact) mass is 633 g/mol. The lowest BCUT2D eigenvalue weighted by molar-refractivity contribution is -0.171. The number of amides is 1. The highest BCUT2D eigenvalue weighted by molar-refractivity contribution is 5.95. The number of nitrogens with zero attached hydrogens (tertiary/aromatic N) is 4. The number of likely N-dealkylation sites (tertiary alicyclic amines) is 1. The molecule has 1 saturated heterocycles. The molecule has 10 nitrogen and oxygen atoms in total. The van der Waals surface area contributed by atoms with E-state index in [1.807, 2.05) is 42.3 Å². The van der Waals surface area contributed by atoms with Gasteiger partial charge in [-0.05, 0) is 44.2 Å². The first-order valence-corrected chi connectivity index (χ1v) is 14.9. The van der Waals surface area contributed by atoms with Crippen molar-refractivity contribution in [2.75, 3.05) is 32.6 Å². The molecule has 0 bridgehead atoms. The van der Waals surface area contributed by atoms with Gasteiger partial charge in [0.25, 0.3) is 0 Å². The summed E-state index contributed by atoms with van der Waals surface area (Å²) in [7, 11) is 3.48. The molecule has 1 fully saturated rings. The normalized spacial score (nSPS) is 14.3. The lowest BCUT2D eigenvalue weighted by atomic mass is 9.98. The van der Waals surface area contributed by atoms with Crippen molar-refractivity contribution in [3.63, 3.8) is 0 Å². The number of imidazole rings is 1. The van der Waals surface area contributed by atoms with Gasteiger partial charge < -0.3 is 25.3 Å². The van der Waals surface area contributed by atoms with Gasteiger partial charge in [0, 0.05) is 47.8 Å². The predicted molar refractivity (Wildman–Crippen MR) is 167 cm³/mol. The molecule has 0 unspecified atom stereocenters. The molecule has 1 atom stereocenters. The number of halogens is 3. The molecule has 3 N–H and O–H groups in total. The zero-order valence-corrected chi connectivity index (χ0v) is 25.4. The number of terminal acetylenes is 1. The summed E-state index contributed by atoms with van der Waals surface area (Å²) in [6, 6.07) is 10.6. The Balaban J connectivity index is 1.39. The number of anilines is 2. The van der Waals surface area contributed by atoms with Crippen LogP contribution in [0.25, 0.3) is 22.2 Å². The van der Waals surface area contributed by atoms with E-state index in [9.17, 15) is 22.8 Å². The number of alkyl halides is 3. The molecule has 0 saturated carbocycles. The van der Waals surface area contributed by atoms with Gasteiger partial charge in [-0.15, -0.1) is 6.42 Å². The lowest BCUT2D eigenvalue weighted by Gasteiger charge is -2.35. The molecular weight excluding hydrogens is 599 g/mol. The van der Waals surface area contributed by atoms with Crippen LogP contribution < -0.4 is 15.4 Å². The topological polar surface area (TPSA) is 125 Å². The summed E-state index contributed by atoms with van der Waals surface area (Å²) < 4.78 is 43.5. The van der Waals surface area contributed by atoms with Crippen molar-refractivity contribution in [3.8, 4) is 29.4 Å². The fourth-order valence-corrected chi connectivity index (χ4v) is 5.42. The number of methoxy groups -OCH3 is 1. The third kappa shape index (κ3) is 7.63. The van der Waals surface area contributed by atoms with E-state index in [0.29, 0.717) is 71.9 Å². The van der Waals surface area contributed by atoms with Gasteiger partial charge in [-0.2, -0.15) is 13.2 Å². The van der Waals surface area contributed by atoms with Crippen molar-refractivity contribution in [1.29, 1.82) is 0 Å². The maximum atomic E-state index is 13.0. The number of ketones is 1. The van der Waals surface area contributed by atoms with Crippen LogP contribution in [-0.4, -0.2) is 69.9 Å². The maximum Gasteiger partial charge on any atom is 0.449 e. The van der Waals surface area contributed by atoms with Gasteiger partial charge >= 0.3 is 6.18 Å². The Morgan fingerprint density at radius 2 is 1.96 bits per heavy atom. The highest BCUT2D eigenvalue weighted by Crippen LogP contribution is 2.36. The SMILES string of the molecule is C#Cc1cccc(Nc2ncnc3cc(OC)c(-c4cnc([C@H](CCCCCC(=O)C(F)(F)F)NC(=O)C5CN(C)C5)[nH]4)cc23)c1. The quantitative estimate of drug-likeness (QED) is 0.129. The number of Topliss-reactive ketones (excluding diaryl/α,β-unsaturated/α-hetero) is 1. The zero-order valence-electron chi connectivity index (χ0n) is 25.4. The largest absolute Gasteiger partial charge is 0.496 e. The second-order valence-electron chi connectivity index (χ2n) is 11.3. The van der Waals surface area contributed by atoms with E-state index in [-0.39, 0.29) is 18.2 Å². The van der Waals surface area contributed by atoms with E-state index in [4.69, 9.17) is 11.2 Å². The highest BCUT2D eigenvalue weighted by atomic mass is 19.4. The fraction of sp³-hybridized carbons (Fsp3) is 0.364. The van der Waals surface area contributed by atoms with E-state index in [1.54, 1.807) is 19.4 Å². The summed E-state index contributed by atoms with van der Waals surface area (Å²) in [5.41, 5.74) is 3.43. The van der Waals surface area contributed by atoms with Crippen molar-refractivity contribution in [1.82, 2.24) is 30.2 Å². The van der Waals surface area contributed by atoms with Crippen molar-refractivity contribution < 1.29 is 27.5 Å². The van der Waals surface area contributed by atoms with Crippen molar-refractivity contribution in [2.24, 2.45) is 5.92 Å². The standard InChI is InChI=1S/C33H34F3N7O3/c1-4-20-9-8-10-22(13-20)40-30-24-14-23(28(46-3)15-26(24)38-19-39-30)27-16-37-31(41-27)25(42-32(45)21-17-43(2)18-21)11-6-5-7-12-29(44)33(34,35)36/h1,8-10,13-16,19,21,25H,5-7,11-12,17-18H2,2-3H3,(H,37,41)(H,42,45)(H,38,39,40)/t25-/m0/s1. The molecule has 240 valence electrons. The zero-order chi connectivity index (χ0) is 32.8. The van der Waals surface area contributed by atoms with Crippen LogP contribution in [0.4, 0.5) is 24.7 Å². The fourth-order valence-electron chi connectivity index (χ4n) is 5.42. The second kappa shape index (κ2) is 14.0. The summed E-state index contributed by atoms with van der Waals surface area (Å²) in [6.07, 6.45) is 4.70. The number of hydrogen-bond acceptors (Lipinski definition) is 8. The lowest BCUT2D eigenvalue weighted by Crippen LogP contribution is -2.52. The number of aromatic amines is 1. The van der Waals surface area contributed by atoms with Gasteiger partial charge in [0.2, 0.25) is 11.7 Å². The summed E-state index contributed by atoms with van der Waals surface area (Å²) in [5, 5.41) is 7.09. The van der Waals surface area contributed by atoms with Gasteiger partial charge in [0.05, 0.1) is 36.5 Å². The summed E-state index contributed by atoms with van der Waals surface area (Å²) in [5.74, 6) is 2.22. The van der Waals surface area contributed by atoms with Crippen LogP contribution >= 0.6 is 0 Å². The molecule has 5 rings (SSSR count). The Morgan fingerprint density at radius 3 is 2.67 bits per heavy atom. The van der Waals surface area contributed by atoms with Crippen LogP contribution in [0.2, 0.25) is 0 Å². The minimum atomic E-state index is -4.82. The third-order valence-electron chi connectivity index (χ3n) is 7.93. The number of carbonyl (C=O) groups excluding carboxylic acids is 2. The van der Waals surface area contributed by atoms with Crippen LogP contribution in [0.5, 0.6) is 5.75 Å². The van der Waals surface area contributed by atoms with E-state index in [2.05, 4.69) is 36.5 Å². The average Bonchev–Trinajstić information content (AvgIpc) is 3.51. The Hall–Kier alpha value is -4.96. The number of unbranched alkanes of at least 4 members (excludes halogenated alkanes) is 2. The van der Waals surface area contributed by atoms with Gasteiger partial charge in [0.1, 0.15) is 23.7 Å². The minimum absolute atomic E-state index is 0.107. The summed E-state index contributed by atoms with van der Waals surface area (Å²) in [4.78, 5) is 43.0. The molecule has 2 aromatic heterocycles. The van der Waals surface area contributed by atoms with Crippen molar-refractivity contribution >= 4 is 34.1 Å². The average molecular weight is 634 g/mol. The number of hydrogen-bond donors (Lipinski definition) is 3. The molecule has 1 amide bonds. The molecular formula is C33H34F3N7O3. The number of benzene rings is 2. The Labute approximate surface area is 264 Å². The van der Waals surface area contributed by atoms with Crippen LogP contribution in [0, 0.1) is 18.3 Å². The Kier molecular flexibility index (Phi) is 9.87. The van der Waals surface area contributed by atoms with Gasteiger partial charge in [-0.3, -0.25) is 9.59 Å². The van der Waals surface area contributed by atoms with Crippen LogP contribution in [0.3, 0.4) is 0 Å². The number of aromatic nitrogens is 4. The third-order valence-corrected chi connectivity index (χ3v) is 7.93. The number of rotatable bonds is 13. The van der Waals surface area contributed by atoms with E-state index in [0.717, 1.165) is 11.3 Å². The molecule has 13 heteroatoms. The van der Waals surface area contributed by atoms with Gasteiger partial charge in [-0.1, -0.05) is 24.8 Å². The van der Waals surface area contributed by atoms with E-state index in [1.165, 1.54) is 6.33 Å². The molecule has 0 aliphatic carbocycles. The molecule has 46 heavy (non-hydrogen) atoms. The first kappa shape index (κ1) is 32.4. The van der Waals surface area contributed by atoms with Gasteiger partial charge in [-0.25, -0.2) is 15.0 Å². The number of nitrogens with one attached hydrogen (secondary N) is 3. The van der Waals surface area contributed by atoms with Crippen molar-refractivity contribution in [3.05, 3.63) is 60.3 Å². The second-order valence-corrected chi connectivity index (χ2v) is 11.3. The molecule has 4 aromatic rings. The molecule has 0 radical (unpaired) electrons. The van der Waals surface area contributed by atoms with E-state index < -0.39 is 24.4 Å². The Bertz CT molecular complexity index is 1760. The van der Waals surface area contributed by atoms with E-state index >= 15 is 0 Å². The van der Waals surface area contributed by atoms with Crippen LogP contribution in [-0.2, 0) is 9.59 Å². The minimum Gasteiger partial charge on any atom is -0.496 e. The first-order chi connectivity index (χ1) is 22.0. The first-order valence-electron chi connectivity index (χ1n) is 14.9. The van der Waals surface area contributed by atoms with Crippen LogP contribution in [0.1, 0.15) is 49.5 Å². The predicted octanol–water partition coefficient (Wildman–Crippen LogP) is 5.55. The summed E-state index contributed by atoms with van der Waals surface area (Å²) >= 11 is 0. The van der Waals surface area contributed by atoms with Gasteiger partial charge in [0.15, 0.2) is 0 Å². The maximum absolute atomic E-state index is 13.0. The Morgan fingerprint density at radius 1 is 1.15 bits per heavy atom. The molecule has 2 aromatic carbocycles. The molecule has 3 heterocycles. The number of carbonyl (C=O) groups is 2. The molecule has 0 spiro atoms. The van der Waals surface area contributed by atoms with Crippen molar-refractivity contribution in [2.45, 2.75) is 44.3 Å². The summed E-state index contributed by atoms with van der Waals surface area (Å²) in [6.45, 7) is 1.28. The number of ether oxygens (including phenoxy) is 1. The highest BCUT2D eigenvalue weighted by Gasteiger charge is 2.37. The molecule has 1 aliphatic rings. The number of fused-ring (bicyclic) bond motifs is 1. The smallest absolute Gasteiger partial charge is 0.449 e. The van der Waals surface area contributed by atoms with Crippen LogP contribution in [0.15, 0.2) is 48.9 Å².